The van der Waals surface area contributed by atoms with Crippen LogP contribution in [-0.4, -0.2) is 38.7 Å². The van der Waals surface area contributed by atoms with Gasteiger partial charge >= 0.3 is 56.6 Å². The molecule has 0 radical (unpaired) electrons. The number of hydrogen-bond acceptors (Lipinski definition) is 6. The van der Waals surface area contributed by atoms with Crippen molar-refractivity contribution in [1.29, 1.82) is 0 Å². The molecule has 0 aromatic heterocycles. The summed E-state index contributed by atoms with van der Waals surface area (Å²) < 4.78 is 9.69. The predicted molar refractivity (Wildman–Crippen MR) is 77.0 cm³/mol. The second kappa shape index (κ2) is 15.9. The van der Waals surface area contributed by atoms with Crippen molar-refractivity contribution in [3.05, 3.63) is 0 Å². The molecule has 0 unspecified atom stereocenters. The van der Waals surface area contributed by atoms with Crippen LogP contribution in [0.25, 0.3) is 0 Å². The zero-order valence-corrected chi connectivity index (χ0v) is 16.6. The number of rotatable bonds is 7. The molecular formula is C14H26BLi3O6. The van der Waals surface area contributed by atoms with Gasteiger partial charge in [0.2, 0.25) is 0 Å². The van der Waals surface area contributed by atoms with E-state index in [9.17, 15) is 19.8 Å². The molecule has 0 aromatic rings. The Morgan fingerprint density at radius 3 is 1.50 bits per heavy atom. The molecule has 2 atom stereocenters. The summed E-state index contributed by atoms with van der Waals surface area (Å²) >= 11 is 0. The van der Waals surface area contributed by atoms with Crippen LogP contribution >= 0.6 is 0 Å². The molecule has 1 aliphatic rings. The number of ether oxygens (including phenoxy) is 2. The molecule has 24 heavy (non-hydrogen) atoms. The minimum absolute atomic E-state index is 0. The summed E-state index contributed by atoms with van der Waals surface area (Å²) in [5.74, 6) is -6.75. The third-order valence-corrected chi connectivity index (χ3v) is 4.75. The zero-order chi connectivity index (χ0) is 16.6. The second-order valence-electron chi connectivity index (χ2n) is 5.71. The molecule has 1 rings (SSSR count). The van der Waals surface area contributed by atoms with E-state index in [1.165, 1.54) is 33.2 Å². The van der Waals surface area contributed by atoms with Gasteiger partial charge in [0.05, 0.1) is 11.9 Å². The maximum absolute atomic E-state index is 10.7. The number of carboxylic acid groups (broad SMARTS) is 2. The summed E-state index contributed by atoms with van der Waals surface area (Å²) in [7, 11) is 2.51. The molecule has 6 nitrogen and oxygen atoms in total. The summed E-state index contributed by atoms with van der Waals surface area (Å²) in [4.78, 5) is 21.2. The number of carboxylic acids is 2. The van der Waals surface area contributed by atoms with Gasteiger partial charge in [0.1, 0.15) is 0 Å². The SMILES string of the molecule is CC[BH-](CC)CC.COC1(OC)C[C@H](C(=O)[O-])[C@H]1C(=O)[O-].[Li+].[Li+].[Li+]. The van der Waals surface area contributed by atoms with Gasteiger partial charge in [-0.15, -0.1) is 0 Å². The Labute approximate surface area is 181 Å². The Hall–Kier alpha value is 0.717. The smallest absolute Gasteiger partial charge is 0.550 e. The fourth-order valence-electron chi connectivity index (χ4n) is 2.83. The van der Waals surface area contributed by atoms with E-state index < -0.39 is 29.6 Å². The molecule has 124 valence electrons. The Morgan fingerprint density at radius 2 is 1.33 bits per heavy atom. The number of methoxy groups -OCH3 is 2. The van der Waals surface area contributed by atoms with Crippen LogP contribution in [0, 0.1) is 11.8 Å². The van der Waals surface area contributed by atoms with Gasteiger partial charge in [-0.05, 0) is 6.71 Å². The first-order chi connectivity index (χ1) is 9.83. The van der Waals surface area contributed by atoms with Crippen LogP contribution in [0.3, 0.4) is 0 Å². The molecule has 1 fully saturated rings. The summed E-state index contributed by atoms with van der Waals surface area (Å²) in [5, 5.41) is 21.2. The van der Waals surface area contributed by atoms with E-state index in [0.29, 0.717) is 6.71 Å². The van der Waals surface area contributed by atoms with Crippen molar-refractivity contribution in [2.45, 2.75) is 51.9 Å². The minimum Gasteiger partial charge on any atom is -0.550 e. The molecule has 0 heterocycles. The average Bonchev–Trinajstić information content (AvgIpc) is 2.41. The van der Waals surface area contributed by atoms with Crippen LogP contribution in [-0.2, 0) is 19.1 Å². The first kappa shape index (κ1) is 32.4. The maximum Gasteiger partial charge on any atom is 1.00 e. The van der Waals surface area contributed by atoms with Crippen molar-refractivity contribution in [2.24, 2.45) is 11.8 Å². The van der Waals surface area contributed by atoms with Gasteiger partial charge in [-0.25, -0.2) is 0 Å². The molecule has 0 N–H and O–H groups in total. The van der Waals surface area contributed by atoms with E-state index in [0.717, 1.165) is 0 Å². The van der Waals surface area contributed by atoms with E-state index in [2.05, 4.69) is 20.8 Å². The van der Waals surface area contributed by atoms with Gasteiger partial charge in [0.25, 0.3) is 0 Å². The van der Waals surface area contributed by atoms with Gasteiger partial charge in [0, 0.05) is 32.5 Å². The van der Waals surface area contributed by atoms with E-state index in [1.807, 2.05) is 0 Å². The van der Waals surface area contributed by atoms with Crippen molar-refractivity contribution in [3.63, 3.8) is 0 Å². The molecule has 1 saturated carbocycles. The largest absolute Gasteiger partial charge is 1.00 e. The third kappa shape index (κ3) is 8.40. The van der Waals surface area contributed by atoms with Crippen LogP contribution in [0.5, 0.6) is 0 Å². The van der Waals surface area contributed by atoms with Crippen molar-refractivity contribution in [3.8, 4) is 0 Å². The molecule has 0 bridgehead atoms. The standard InChI is InChI=1S/C8H12O6.C6H16B.3Li/c1-13-8(14-2)3-4(6(9)10)5(8)7(11)12;1-4-7(5-2)6-3;;;/h4-5H,3H2,1-2H3,(H,9,10)(H,11,12);7H,4-6H2,1-3H3;;;/q;-1;3*+1/p-2/t4-,5-;;;;/m0..../s1. The summed E-state index contributed by atoms with van der Waals surface area (Å²) in [6, 6.07) is 0. The number of carbonyl (C=O) groups excluding carboxylic acids is 2. The van der Waals surface area contributed by atoms with E-state index in [1.54, 1.807) is 0 Å². The zero-order valence-electron chi connectivity index (χ0n) is 16.6. The summed E-state index contributed by atoms with van der Waals surface area (Å²) in [5.41, 5.74) is 0. The normalized spacial score (nSPS) is 20.1. The monoisotopic (exact) mass is 322 g/mol. The van der Waals surface area contributed by atoms with Crippen LogP contribution in [0.1, 0.15) is 27.2 Å². The molecule has 1 aliphatic carbocycles. The van der Waals surface area contributed by atoms with E-state index in [-0.39, 0.29) is 63.0 Å². The van der Waals surface area contributed by atoms with Gasteiger partial charge in [-0.3, -0.25) is 0 Å². The first-order valence-corrected chi connectivity index (χ1v) is 7.62. The van der Waals surface area contributed by atoms with Crippen LogP contribution in [0.2, 0.25) is 19.0 Å². The van der Waals surface area contributed by atoms with Crippen molar-refractivity contribution in [1.82, 2.24) is 0 Å². The Balaban J connectivity index is -0.000000175. The molecule has 0 spiro atoms. The Morgan fingerprint density at radius 1 is 0.958 bits per heavy atom. The third-order valence-electron chi connectivity index (χ3n) is 4.75. The van der Waals surface area contributed by atoms with Gasteiger partial charge in [-0.2, -0.15) is 19.0 Å². The quantitative estimate of drug-likeness (QED) is 0.341. The molecular weight excluding hydrogens is 296 g/mol. The first-order valence-electron chi connectivity index (χ1n) is 7.62. The Kier molecular flexibility index (Phi) is 21.5. The van der Waals surface area contributed by atoms with Crippen molar-refractivity contribution < 1.29 is 85.9 Å². The number of carbonyl (C=O) groups is 2. The maximum atomic E-state index is 10.7. The molecule has 0 aliphatic heterocycles. The number of hydrogen-bond donors (Lipinski definition) is 0. The fourth-order valence-corrected chi connectivity index (χ4v) is 2.83. The van der Waals surface area contributed by atoms with Crippen LogP contribution in [0.4, 0.5) is 0 Å². The van der Waals surface area contributed by atoms with E-state index in [4.69, 9.17) is 9.47 Å². The second-order valence-corrected chi connectivity index (χ2v) is 5.71. The molecule has 0 aromatic carbocycles. The topological polar surface area (TPSA) is 98.7 Å². The minimum atomic E-state index is -1.51. The fraction of sp³-hybridized carbons (Fsp3) is 0.857. The van der Waals surface area contributed by atoms with Crippen molar-refractivity contribution in [2.75, 3.05) is 14.2 Å². The average molecular weight is 322 g/mol. The van der Waals surface area contributed by atoms with Crippen LogP contribution < -0.4 is 66.8 Å². The summed E-state index contributed by atoms with van der Waals surface area (Å²) in [6.07, 6.45) is 4.27. The Bertz CT molecular complexity index is 346. The molecule has 10 heteroatoms. The van der Waals surface area contributed by atoms with E-state index >= 15 is 0 Å². The van der Waals surface area contributed by atoms with Gasteiger partial charge in [0.15, 0.2) is 5.79 Å². The van der Waals surface area contributed by atoms with Gasteiger partial charge in [-0.1, -0.05) is 20.8 Å². The van der Waals surface area contributed by atoms with Crippen molar-refractivity contribution >= 4 is 18.7 Å². The van der Waals surface area contributed by atoms with Gasteiger partial charge < -0.3 is 29.3 Å². The number of aliphatic carboxylic acids is 2. The van der Waals surface area contributed by atoms with Crippen LogP contribution in [0.15, 0.2) is 0 Å². The molecule has 0 saturated heterocycles. The predicted octanol–water partition coefficient (Wildman–Crippen LogP) is -9.60. The molecule has 0 amide bonds. The summed E-state index contributed by atoms with van der Waals surface area (Å²) in [6.45, 7) is 7.19.